The van der Waals surface area contributed by atoms with E-state index in [1.807, 2.05) is 18.7 Å². The van der Waals surface area contributed by atoms with Gasteiger partial charge in [0.1, 0.15) is 5.82 Å². The first-order chi connectivity index (χ1) is 7.90. The largest absolute Gasteiger partial charge is 0.306 e. The molecule has 0 bridgehead atoms. The summed E-state index contributed by atoms with van der Waals surface area (Å²) in [4.78, 5) is 9.04. The van der Waals surface area contributed by atoms with Crippen molar-refractivity contribution in [2.75, 3.05) is 5.75 Å². The molecule has 0 saturated carbocycles. The van der Waals surface area contributed by atoms with Gasteiger partial charge in [-0.2, -0.15) is 11.8 Å². The van der Waals surface area contributed by atoms with E-state index in [0.29, 0.717) is 0 Å². The Morgan fingerprint density at radius 1 is 1.29 bits per heavy atom. The molecule has 0 aromatic carbocycles. The van der Waals surface area contributed by atoms with Gasteiger partial charge in [-0.25, -0.2) is 9.97 Å². The van der Waals surface area contributed by atoms with Crippen molar-refractivity contribution in [1.82, 2.24) is 15.3 Å². The van der Waals surface area contributed by atoms with Gasteiger partial charge in [-0.15, -0.1) is 0 Å². The molecular weight excluding hydrogens is 230 g/mol. The van der Waals surface area contributed by atoms with Crippen LogP contribution in [-0.4, -0.2) is 21.3 Å². The summed E-state index contributed by atoms with van der Waals surface area (Å²) in [5, 5.41) is 3.45. The molecule has 3 nitrogen and oxygen atoms in total. The fraction of sp³-hybridized carbons (Fsp3) is 0.692. The maximum absolute atomic E-state index is 4.58. The van der Waals surface area contributed by atoms with Gasteiger partial charge in [0.25, 0.3) is 0 Å². The highest BCUT2D eigenvalue weighted by Crippen LogP contribution is 2.10. The number of aromatic nitrogens is 2. The van der Waals surface area contributed by atoms with Gasteiger partial charge in [-0.1, -0.05) is 6.92 Å². The third-order valence-electron chi connectivity index (χ3n) is 2.19. The van der Waals surface area contributed by atoms with Crippen LogP contribution in [-0.2, 0) is 12.3 Å². The number of hydrogen-bond acceptors (Lipinski definition) is 4. The van der Waals surface area contributed by atoms with Gasteiger partial charge in [-0.3, -0.25) is 0 Å². The van der Waals surface area contributed by atoms with Gasteiger partial charge in [0.05, 0.1) is 11.4 Å². The van der Waals surface area contributed by atoms with Crippen LogP contribution in [0.1, 0.15) is 44.9 Å². The number of rotatable bonds is 5. The summed E-state index contributed by atoms with van der Waals surface area (Å²) in [6.45, 7) is 11.5. The predicted octanol–water partition coefficient (Wildman–Crippen LogP) is 2.93. The molecule has 4 heteroatoms. The molecular formula is C13H23N3S. The molecule has 1 N–H and O–H groups in total. The first-order valence-electron chi connectivity index (χ1n) is 6.07. The van der Waals surface area contributed by atoms with Crippen LogP contribution in [0.25, 0.3) is 0 Å². The Morgan fingerprint density at radius 2 is 2.00 bits per heavy atom. The standard InChI is InChI=1S/C13H23N3S/c1-6-17-9-12-15-10(2)7-11(16-12)8-14-13(3,4)5/h7,14H,6,8-9H2,1-5H3. The lowest BCUT2D eigenvalue weighted by Crippen LogP contribution is -2.35. The smallest absolute Gasteiger partial charge is 0.138 e. The predicted molar refractivity (Wildman–Crippen MR) is 75.2 cm³/mol. The van der Waals surface area contributed by atoms with Crippen LogP contribution in [0.5, 0.6) is 0 Å². The number of hydrogen-bond donors (Lipinski definition) is 1. The van der Waals surface area contributed by atoms with E-state index in [1.54, 1.807) is 0 Å². The summed E-state index contributed by atoms with van der Waals surface area (Å²) in [6, 6.07) is 2.05. The third-order valence-corrected chi connectivity index (χ3v) is 3.06. The number of aryl methyl sites for hydroxylation is 1. The van der Waals surface area contributed by atoms with Crippen LogP contribution in [0.4, 0.5) is 0 Å². The lowest BCUT2D eigenvalue weighted by molar-refractivity contribution is 0.420. The third kappa shape index (κ3) is 6.03. The van der Waals surface area contributed by atoms with E-state index in [2.05, 4.69) is 49.0 Å². The van der Waals surface area contributed by atoms with Crippen molar-refractivity contribution in [2.45, 2.75) is 52.5 Å². The Bertz CT molecular complexity index is 358. The van der Waals surface area contributed by atoms with E-state index in [9.17, 15) is 0 Å². The average Bonchev–Trinajstić information content (AvgIpc) is 2.22. The Morgan fingerprint density at radius 3 is 2.59 bits per heavy atom. The van der Waals surface area contributed by atoms with Crippen LogP contribution < -0.4 is 5.32 Å². The first-order valence-corrected chi connectivity index (χ1v) is 7.22. The molecule has 1 heterocycles. The second-order valence-electron chi connectivity index (χ2n) is 5.16. The molecule has 1 aromatic heterocycles. The summed E-state index contributed by atoms with van der Waals surface area (Å²) in [6.07, 6.45) is 0. The molecule has 0 aliphatic heterocycles. The Kier molecular flexibility index (Phi) is 5.40. The Hall–Kier alpha value is -0.610. The Labute approximate surface area is 109 Å². The van der Waals surface area contributed by atoms with Crippen LogP contribution in [0.3, 0.4) is 0 Å². The summed E-state index contributed by atoms with van der Waals surface area (Å²) in [5.41, 5.74) is 2.26. The molecule has 1 rings (SSSR count). The SMILES string of the molecule is CCSCc1nc(C)cc(CNC(C)(C)C)n1. The summed E-state index contributed by atoms with van der Waals surface area (Å²) < 4.78 is 0. The van der Waals surface area contributed by atoms with Gasteiger partial charge >= 0.3 is 0 Å². The minimum Gasteiger partial charge on any atom is -0.306 e. The lowest BCUT2D eigenvalue weighted by Gasteiger charge is -2.20. The maximum atomic E-state index is 4.58. The quantitative estimate of drug-likeness (QED) is 0.875. The zero-order valence-electron chi connectivity index (χ0n) is 11.5. The van der Waals surface area contributed by atoms with Crippen LogP contribution in [0, 0.1) is 6.92 Å². The van der Waals surface area contributed by atoms with Crippen molar-refractivity contribution in [3.63, 3.8) is 0 Å². The van der Waals surface area contributed by atoms with Gasteiger partial charge in [0.15, 0.2) is 0 Å². The maximum Gasteiger partial charge on any atom is 0.138 e. The highest BCUT2D eigenvalue weighted by molar-refractivity contribution is 7.98. The van der Waals surface area contributed by atoms with Gasteiger partial charge in [0.2, 0.25) is 0 Å². The van der Waals surface area contributed by atoms with Crippen LogP contribution in [0.2, 0.25) is 0 Å². The van der Waals surface area contributed by atoms with Gasteiger partial charge in [0, 0.05) is 17.8 Å². The van der Waals surface area contributed by atoms with E-state index in [4.69, 9.17) is 0 Å². The zero-order valence-corrected chi connectivity index (χ0v) is 12.3. The summed E-state index contributed by atoms with van der Waals surface area (Å²) >= 11 is 1.86. The molecule has 0 radical (unpaired) electrons. The van der Waals surface area contributed by atoms with Crippen LogP contribution in [0.15, 0.2) is 6.07 Å². The van der Waals surface area contributed by atoms with Crippen LogP contribution >= 0.6 is 11.8 Å². The first kappa shape index (κ1) is 14.5. The van der Waals surface area contributed by atoms with E-state index in [0.717, 1.165) is 35.3 Å². The monoisotopic (exact) mass is 253 g/mol. The molecule has 0 unspecified atom stereocenters. The van der Waals surface area contributed by atoms with E-state index in [-0.39, 0.29) is 5.54 Å². The van der Waals surface area contributed by atoms with E-state index < -0.39 is 0 Å². The normalized spacial score (nSPS) is 11.8. The number of thioether (sulfide) groups is 1. The average molecular weight is 253 g/mol. The number of nitrogens with one attached hydrogen (secondary N) is 1. The number of nitrogens with zero attached hydrogens (tertiary/aromatic N) is 2. The van der Waals surface area contributed by atoms with Crippen molar-refractivity contribution >= 4 is 11.8 Å². The molecule has 1 aromatic rings. The molecule has 0 aliphatic rings. The fourth-order valence-corrected chi connectivity index (χ4v) is 1.92. The van der Waals surface area contributed by atoms with Crippen molar-refractivity contribution in [2.24, 2.45) is 0 Å². The lowest BCUT2D eigenvalue weighted by atomic mass is 10.1. The van der Waals surface area contributed by atoms with E-state index in [1.165, 1.54) is 0 Å². The summed E-state index contributed by atoms with van der Waals surface area (Å²) in [5.74, 6) is 2.95. The molecule has 0 spiro atoms. The Balaban J connectivity index is 2.68. The van der Waals surface area contributed by atoms with Crippen molar-refractivity contribution in [3.8, 4) is 0 Å². The topological polar surface area (TPSA) is 37.8 Å². The second-order valence-corrected chi connectivity index (χ2v) is 6.43. The summed E-state index contributed by atoms with van der Waals surface area (Å²) in [7, 11) is 0. The second kappa shape index (κ2) is 6.36. The molecule has 96 valence electrons. The highest BCUT2D eigenvalue weighted by Gasteiger charge is 2.10. The molecule has 0 aliphatic carbocycles. The zero-order chi connectivity index (χ0) is 12.9. The fourth-order valence-electron chi connectivity index (χ4n) is 1.40. The van der Waals surface area contributed by atoms with Crippen molar-refractivity contribution < 1.29 is 0 Å². The molecule has 17 heavy (non-hydrogen) atoms. The minimum absolute atomic E-state index is 0.122. The molecule has 0 amide bonds. The minimum atomic E-state index is 0.122. The van der Waals surface area contributed by atoms with Gasteiger partial charge < -0.3 is 5.32 Å². The van der Waals surface area contributed by atoms with Crippen molar-refractivity contribution in [3.05, 3.63) is 23.3 Å². The molecule has 0 atom stereocenters. The molecule has 0 fully saturated rings. The highest BCUT2D eigenvalue weighted by atomic mass is 32.2. The van der Waals surface area contributed by atoms with Gasteiger partial charge in [-0.05, 0) is 39.5 Å². The molecule has 0 saturated heterocycles. The van der Waals surface area contributed by atoms with E-state index >= 15 is 0 Å². The van der Waals surface area contributed by atoms with Crippen molar-refractivity contribution in [1.29, 1.82) is 0 Å².